The van der Waals surface area contributed by atoms with E-state index in [1.165, 1.54) is 31.7 Å². The van der Waals surface area contributed by atoms with Crippen LogP contribution >= 0.6 is 0 Å². The molecule has 5 heteroatoms. The van der Waals surface area contributed by atoms with Crippen LogP contribution < -0.4 is 5.73 Å². The minimum atomic E-state index is -0.341. The minimum Gasteiger partial charge on any atom is -0.409 e. The summed E-state index contributed by atoms with van der Waals surface area (Å²) >= 11 is 0. The molecule has 0 amide bonds. The van der Waals surface area contributed by atoms with Gasteiger partial charge >= 0.3 is 0 Å². The van der Waals surface area contributed by atoms with Crippen LogP contribution in [0.25, 0.3) is 0 Å². The van der Waals surface area contributed by atoms with Gasteiger partial charge in [0, 0.05) is 25.2 Å². The van der Waals surface area contributed by atoms with E-state index in [9.17, 15) is 4.39 Å². The Morgan fingerprint density at radius 2 is 1.81 bits per heavy atom. The van der Waals surface area contributed by atoms with Crippen LogP contribution in [0.15, 0.2) is 23.4 Å². The van der Waals surface area contributed by atoms with Gasteiger partial charge in [-0.1, -0.05) is 5.16 Å². The van der Waals surface area contributed by atoms with Gasteiger partial charge in [-0.2, -0.15) is 0 Å². The van der Waals surface area contributed by atoms with E-state index < -0.39 is 0 Å². The molecule has 0 spiro atoms. The Labute approximate surface area is 124 Å². The van der Waals surface area contributed by atoms with Crippen molar-refractivity contribution in [1.82, 2.24) is 4.90 Å². The highest BCUT2D eigenvalue weighted by Crippen LogP contribution is 2.34. The molecule has 3 rings (SSSR count). The molecular formula is C16H22FN3O. The molecule has 2 aliphatic rings. The lowest BCUT2D eigenvalue weighted by Crippen LogP contribution is -2.28. The van der Waals surface area contributed by atoms with Crippen LogP contribution in [-0.4, -0.2) is 29.0 Å². The second-order valence-electron chi connectivity index (χ2n) is 6.41. The fourth-order valence-electron chi connectivity index (χ4n) is 2.74. The standard InChI is InChI=1S/C16H22FN3O/c17-15-6-13(5-14(7-15)16(18)19-21)10-20(8-11-1-2-11)9-12-3-4-12/h5-7,11-12,21H,1-4,8-10H2,(H2,18,19). The number of benzene rings is 1. The van der Waals surface area contributed by atoms with Gasteiger partial charge in [-0.15, -0.1) is 0 Å². The van der Waals surface area contributed by atoms with Crippen molar-refractivity contribution in [2.75, 3.05) is 13.1 Å². The van der Waals surface area contributed by atoms with Crippen molar-refractivity contribution in [2.24, 2.45) is 22.7 Å². The number of nitrogens with zero attached hydrogens (tertiary/aromatic N) is 2. The van der Waals surface area contributed by atoms with Gasteiger partial charge in [-0.25, -0.2) is 4.39 Å². The molecule has 0 aromatic heterocycles. The molecule has 0 bridgehead atoms. The van der Waals surface area contributed by atoms with Crippen LogP contribution in [0, 0.1) is 17.7 Å². The van der Waals surface area contributed by atoms with E-state index in [4.69, 9.17) is 10.9 Å². The number of hydrogen-bond acceptors (Lipinski definition) is 3. The molecule has 4 nitrogen and oxygen atoms in total. The summed E-state index contributed by atoms with van der Waals surface area (Å²) in [7, 11) is 0. The first kappa shape index (κ1) is 14.3. The van der Waals surface area contributed by atoms with E-state index in [0.717, 1.165) is 37.0 Å². The quantitative estimate of drug-likeness (QED) is 0.351. The van der Waals surface area contributed by atoms with Crippen molar-refractivity contribution in [1.29, 1.82) is 0 Å². The van der Waals surface area contributed by atoms with Gasteiger partial charge in [0.15, 0.2) is 5.84 Å². The summed E-state index contributed by atoms with van der Waals surface area (Å²) in [4.78, 5) is 2.43. The SMILES string of the molecule is N/C(=N/O)c1cc(F)cc(CN(CC2CC2)CC2CC2)c1. The summed E-state index contributed by atoms with van der Waals surface area (Å²) in [6, 6.07) is 4.65. The average Bonchev–Trinajstić information content (AvgIpc) is 3.33. The first-order valence-electron chi connectivity index (χ1n) is 7.64. The predicted octanol–water partition coefficient (Wildman–Crippen LogP) is 2.54. The van der Waals surface area contributed by atoms with Crippen LogP contribution in [-0.2, 0) is 6.54 Å². The molecule has 0 atom stereocenters. The Kier molecular flexibility index (Phi) is 4.10. The van der Waals surface area contributed by atoms with Crippen molar-refractivity contribution in [3.63, 3.8) is 0 Å². The molecule has 114 valence electrons. The zero-order chi connectivity index (χ0) is 14.8. The summed E-state index contributed by atoms with van der Waals surface area (Å²) in [6.45, 7) is 2.94. The van der Waals surface area contributed by atoms with Crippen molar-refractivity contribution < 1.29 is 9.60 Å². The number of rotatable bonds is 7. The van der Waals surface area contributed by atoms with E-state index >= 15 is 0 Å². The summed E-state index contributed by atoms with van der Waals surface area (Å²) in [5.41, 5.74) is 6.89. The Hall–Kier alpha value is -1.62. The Balaban J connectivity index is 1.72. The number of oxime groups is 1. The lowest BCUT2D eigenvalue weighted by Gasteiger charge is -2.22. The summed E-state index contributed by atoms with van der Waals surface area (Å²) < 4.78 is 13.7. The van der Waals surface area contributed by atoms with Crippen LogP contribution in [0.1, 0.15) is 36.8 Å². The second kappa shape index (κ2) is 6.02. The lowest BCUT2D eigenvalue weighted by atomic mass is 10.1. The zero-order valence-electron chi connectivity index (χ0n) is 12.1. The van der Waals surface area contributed by atoms with Gasteiger partial charge in [0.2, 0.25) is 0 Å². The lowest BCUT2D eigenvalue weighted by molar-refractivity contribution is 0.244. The average molecular weight is 291 g/mol. The van der Waals surface area contributed by atoms with E-state index in [1.54, 1.807) is 6.07 Å². The molecule has 2 aliphatic carbocycles. The predicted molar refractivity (Wildman–Crippen MR) is 79.6 cm³/mol. The highest BCUT2D eigenvalue weighted by Gasteiger charge is 2.29. The summed E-state index contributed by atoms with van der Waals surface area (Å²) in [5.74, 6) is 1.25. The molecule has 1 aromatic rings. The van der Waals surface area contributed by atoms with E-state index in [-0.39, 0.29) is 11.7 Å². The highest BCUT2D eigenvalue weighted by molar-refractivity contribution is 5.97. The molecule has 3 N–H and O–H groups in total. The molecule has 0 heterocycles. The number of nitrogens with two attached hydrogens (primary N) is 1. The molecule has 0 aliphatic heterocycles. The molecule has 2 saturated carbocycles. The first-order chi connectivity index (χ1) is 10.1. The summed E-state index contributed by atoms with van der Waals surface area (Å²) in [6.07, 6.45) is 5.28. The van der Waals surface area contributed by atoms with Crippen LogP contribution in [0.4, 0.5) is 4.39 Å². The van der Waals surface area contributed by atoms with Crippen molar-refractivity contribution >= 4 is 5.84 Å². The molecular weight excluding hydrogens is 269 g/mol. The topological polar surface area (TPSA) is 61.9 Å². The van der Waals surface area contributed by atoms with Crippen molar-refractivity contribution in [3.05, 3.63) is 35.1 Å². The normalized spacial score (nSPS) is 19.2. The number of halogens is 1. The molecule has 0 saturated heterocycles. The first-order valence-corrected chi connectivity index (χ1v) is 7.64. The maximum Gasteiger partial charge on any atom is 0.170 e. The smallest absolute Gasteiger partial charge is 0.170 e. The molecule has 0 unspecified atom stereocenters. The maximum absolute atomic E-state index is 13.7. The maximum atomic E-state index is 13.7. The number of amidine groups is 1. The van der Waals surface area contributed by atoms with Crippen LogP contribution in [0.2, 0.25) is 0 Å². The van der Waals surface area contributed by atoms with Crippen molar-refractivity contribution in [3.8, 4) is 0 Å². The number of hydrogen-bond donors (Lipinski definition) is 2. The molecule has 21 heavy (non-hydrogen) atoms. The molecule has 1 aromatic carbocycles. The Morgan fingerprint density at radius 1 is 1.19 bits per heavy atom. The monoisotopic (exact) mass is 291 g/mol. The fraction of sp³-hybridized carbons (Fsp3) is 0.562. The Bertz CT molecular complexity index is 524. The second-order valence-corrected chi connectivity index (χ2v) is 6.41. The third-order valence-electron chi connectivity index (χ3n) is 4.19. The van der Waals surface area contributed by atoms with Gasteiger partial charge in [0.05, 0.1) is 0 Å². The third-order valence-corrected chi connectivity index (χ3v) is 4.19. The fourth-order valence-corrected chi connectivity index (χ4v) is 2.74. The van der Waals surface area contributed by atoms with Gasteiger partial charge in [-0.3, -0.25) is 4.90 Å². The molecule has 0 radical (unpaired) electrons. The Morgan fingerprint density at radius 3 is 2.33 bits per heavy atom. The zero-order valence-corrected chi connectivity index (χ0v) is 12.1. The summed E-state index contributed by atoms with van der Waals surface area (Å²) in [5, 5.41) is 11.7. The highest BCUT2D eigenvalue weighted by atomic mass is 19.1. The van der Waals surface area contributed by atoms with Crippen LogP contribution in [0.3, 0.4) is 0 Å². The van der Waals surface area contributed by atoms with Gasteiger partial charge in [-0.05, 0) is 61.3 Å². The van der Waals surface area contributed by atoms with E-state index in [2.05, 4.69) is 10.1 Å². The van der Waals surface area contributed by atoms with Gasteiger partial charge in [0.25, 0.3) is 0 Å². The third kappa shape index (κ3) is 4.17. The van der Waals surface area contributed by atoms with Crippen LogP contribution in [0.5, 0.6) is 0 Å². The van der Waals surface area contributed by atoms with E-state index in [1.807, 2.05) is 6.07 Å². The minimum absolute atomic E-state index is 0.0494. The van der Waals surface area contributed by atoms with Gasteiger partial charge in [0.1, 0.15) is 5.82 Å². The van der Waals surface area contributed by atoms with E-state index in [0.29, 0.717) is 5.56 Å². The largest absolute Gasteiger partial charge is 0.409 e. The van der Waals surface area contributed by atoms with Gasteiger partial charge < -0.3 is 10.9 Å². The molecule has 2 fully saturated rings. The van der Waals surface area contributed by atoms with Crippen molar-refractivity contribution in [2.45, 2.75) is 32.2 Å².